The zero-order chi connectivity index (χ0) is 30.4. The second-order valence-corrected chi connectivity index (χ2v) is 10.3. The Kier molecular flexibility index (Phi) is 13.3. The number of carbonyl (C=O) groups excluding carboxylic acids is 3. The first-order valence-corrected chi connectivity index (χ1v) is 13.4. The van der Waals surface area contributed by atoms with Crippen LogP contribution in [0.5, 0.6) is 0 Å². The van der Waals surface area contributed by atoms with E-state index in [0.717, 1.165) is 0 Å². The van der Waals surface area contributed by atoms with Gasteiger partial charge in [0.25, 0.3) is 5.91 Å². The summed E-state index contributed by atoms with van der Waals surface area (Å²) in [5.74, 6) is -0.853. The highest BCUT2D eigenvalue weighted by Gasteiger charge is 2.25. The zero-order valence-corrected chi connectivity index (χ0v) is 24.6. The SMILES string of the molecule is C=CC=N/C(C)=C/C=C(/c1ccc(C(=O)NCCN2CCN(C(=O)OC(C)(C)C)CC2)nc1)C(O)NCC(=O)OC. The first-order valence-electron chi connectivity index (χ1n) is 13.4. The maximum Gasteiger partial charge on any atom is 0.410 e. The molecule has 1 unspecified atom stereocenters. The third-order valence-electron chi connectivity index (χ3n) is 5.92. The number of allylic oxidation sites excluding steroid dienone is 4. The number of hydrogen-bond donors (Lipinski definition) is 3. The number of amides is 2. The van der Waals surface area contributed by atoms with Crippen LogP contribution in [-0.2, 0) is 14.3 Å². The van der Waals surface area contributed by atoms with E-state index in [-0.39, 0.29) is 24.2 Å². The Morgan fingerprint density at radius 2 is 1.90 bits per heavy atom. The molecular formula is C29H42N6O6. The number of ether oxygens (including phenoxy) is 2. The van der Waals surface area contributed by atoms with Crippen molar-refractivity contribution >= 4 is 29.8 Å². The number of esters is 1. The predicted octanol–water partition coefficient (Wildman–Crippen LogP) is 1.99. The first kappa shape index (κ1) is 33.3. The Hall–Kier alpha value is -3.87. The minimum absolute atomic E-state index is 0.198. The summed E-state index contributed by atoms with van der Waals surface area (Å²) in [6.45, 7) is 14.3. The summed E-state index contributed by atoms with van der Waals surface area (Å²) in [6, 6.07) is 3.24. The molecule has 12 heteroatoms. The summed E-state index contributed by atoms with van der Waals surface area (Å²) in [4.78, 5) is 48.8. The van der Waals surface area contributed by atoms with Gasteiger partial charge in [0.2, 0.25) is 0 Å². The molecule has 2 heterocycles. The molecule has 1 saturated heterocycles. The lowest BCUT2D eigenvalue weighted by molar-refractivity contribution is -0.140. The molecule has 1 aromatic rings. The molecule has 0 saturated carbocycles. The van der Waals surface area contributed by atoms with Crippen LogP contribution < -0.4 is 10.6 Å². The smallest absolute Gasteiger partial charge is 0.410 e. The molecule has 0 aromatic carbocycles. The van der Waals surface area contributed by atoms with Gasteiger partial charge in [-0.2, -0.15) is 0 Å². The zero-order valence-electron chi connectivity index (χ0n) is 24.6. The summed E-state index contributed by atoms with van der Waals surface area (Å²) in [7, 11) is 1.26. The number of aromatic nitrogens is 1. The van der Waals surface area contributed by atoms with Gasteiger partial charge in [-0.05, 0) is 45.4 Å². The third kappa shape index (κ3) is 12.0. The number of rotatable bonds is 12. The highest BCUT2D eigenvalue weighted by Crippen LogP contribution is 2.18. The summed E-state index contributed by atoms with van der Waals surface area (Å²) in [5.41, 5.74) is 1.33. The minimum atomic E-state index is -1.21. The summed E-state index contributed by atoms with van der Waals surface area (Å²) < 4.78 is 10.0. The Balaban J connectivity index is 1.96. The molecule has 2 amide bonds. The lowest BCUT2D eigenvalue weighted by Gasteiger charge is -2.35. The van der Waals surface area contributed by atoms with Crippen LogP contribution in [0.25, 0.3) is 5.57 Å². The van der Waals surface area contributed by atoms with Crippen LogP contribution in [0.2, 0.25) is 0 Å². The van der Waals surface area contributed by atoms with Crippen molar-refractivity contribution in [1.29, 1.82) is 0 Å². The molecule has 2 rings (SSSR count). The van der Waals surface area contributed by atoms with Crippen LogP contribution >= 0.6 is 0 Å². The van der Waals surface area contributed by atoms with Crippen LogP contribution in [0, 0.1) is 0 Å². The van der Waals surface area contributed by atoms with Crippen molar-refractivity contribution < 1.29 is 29.0 Å². The third-order valence-corrected chi connectivity index (χ3v) is 5.92. The van der Waals surface area contributed by atoms with E-state index in [1.165, 1.54) is 13.3 Å². The number of methoxy groups -OCH3 is 1. The van der Waals surface area contributed by atoms with E-state index in [1.54, 1.807) is 48.4 Å². The van der Waals surface area contributed by atoms with Crippen molar-refractivity contribution in [1.82, 2.24) is 25.4 Å². The van der Waals surface area contributed by atoms with E-state index in [1.807, 2.05) is 20.8 Å². The number of aliphatic imine (C=N–C) groups is 1. The standard InChI is InChI=1S/C29H42N6O6/c1-7-12-30-21(2)8-10-23(26(37)33-20-25(36)40-6)22-9-11-24(32-19-22)27(38)31-13-14-34-15-17-35(18-16-34)28(39)41-29(3,4)5/h7-12,19,26,33,37H,1,13-18,20H2,2-6H3,(H,31,38)/b21-8+,23-10-,30-12?. The Labute approximate surface area is 241 Å². The molecular weight excluding hydrogens is 528 g/mol. The van der Waals surface area contributed by atoms with Gasteiger partial charge in [-0.3, -0.25) is 29.8 Å². The fraction of sp³-hybridized carbons (Fsp3) is 0.483. The van der Waals surface area contributed by atoms with E-state index >= 15 is 0 Å². The lowest BCUT2D eigenvalue weighted by Crippen LogP contribution is -2.51. The van der Waals surface area contributed by atoms with E-state index in [2.05, 4.69) is 36.8 Å². The predicted molar refractivity (Wildman–Crippen MR) is 157 cm³/mol. The van der Waals surface area contributed by atoms with Crippen molar-refractivity contribution in [2.24, 2.45) is 4.99 Å². The van der Waals surface area contributed by atoms with Gasteiger partial charge in [0.05, 0.1) is 13.7 Å². The normalized spacial score (nSPS) is 15.9. The Morgan fingerprint density at radius 1 is 1.20 bits per heavy atom. The number of piperazine rings is 1. The molecule has 1 fully saturated rings. The van der Waals surface area contributed by atoms with Crippen molar-refractivity contribution in [2.45, 2.75) is 39.5 Å². The molecule has 1 aliphatic heterocycles. The number of aliphatic hydroxyl groups is 1. The van der Waals surface area contributed by atoms with Gasteiger partial charge in [0.1, 0.15) is 17.5 Å². The van der Waals surface area contributed by atoms with Gasteiger partial charge in [-0.1, -0.05) is 24.8 Å². The number of pyridine rings is 1. The Morgan fingerprint density at radius 3 is 2.49 bits per heavy atom. The fourth-order valence-corrected chi connectivity index (χ4v) is 3.73. The average molecular weight is 571 g/mol. The van der Waals surface area contributed by atoms with Crippen LogP contribution in [0.4, 0.5) is 4.79 Å². The van der Waals surface area contributed by atoms with Gasteiger partial charge in [-0.25, -0.2) is 4.79 Å². The number of carbonyl (C=O) groups is 3. The number of nitrogens with one attached hydrogen (secondary N) is 2. The topological polar surface area (TPSA) is 146 Å². The highest BCUT2D eigenvalue weighted by molar-refractivity contribution is 5.92. The van der Waals surface area contributed by atoms with Gasteiger partial charge in [0, 0.05) is 63.0 Å². The Bertz CT molecular complexity index is 1130. The van der Waals surface area contributed by atoms with E-state index in [9.17, 15) is 19.5 Å². The summed E-state index contributed by atoms with van der Waals surface area (Å²) >= 11 is 0. The maximum absolute atomic E-state index is 12.7. The van der Waals surface area contributed by atoms with E-state index in [4.69, 9.17) is 4.74 Å². The number of aliphatic hydroxyl groups excluding tert-OH is 1. The molecule has 0 aliphatic carbocycles. The average Bonchev–Trinajstić information content (AvgIpc) is 2.94. The summed E-state index contributed by atoms with van der Waals surface area (Å²) in [6.07, 6.45) is 6.42. The number of nitrogens with zero attached hydrogens (tertiary/aromatic N) is 4. The van der Waals surface area contributed by atoms with Gasteiger partial charge >= 0.3 is 12.1 Å². The molecule has 1 aromatic heterocycles. The monoisotopic (exact) mass is 570 g/mol. The molecule has 0 bridgehead atoms. The van der Waals surface area contributed by atoms with Gasteiger partial charge in [-0.15, -0.1) is 0 Å². The highest BCUT2D eigenvalue weighted by atomic mass is 16.6. The van der Waals surface area contributed by atoms with E-state index < -0.39 is 17.8 Å². The number of hydrogen-bond acceptors (Lipinski definition) is 10. The molecule has 1 aliphatic rings. The maximum atomic E-state index is 12.7. The second kappa shape index (κ2) is 16.4. The molecule has 0 radical (unpaired) electrons. The van der Waals surface area contributed by atoms with Crippen molar-refractivity contribution in [3.63, 3.8) is 0 Å². The first-order chi connectivity index (χ1) is 19.4. The second-order valence-electron chi connectivity index (χ2n) is 10.3. The van der Waals surface area contributed by atoms with Crippen LogP contribution in [0.3, 0.4) is 0 Å². The molecule has 41 heavy (non-hydrogen) atoms. The molecule has 224 valence electrons. The quantitative estimate of drug-likeness (QED) is 0.149. The van der Waals surface area contributed by atoms with Crippen molar-refractivity contribution in [3.05, 3.63) is 60.1 Å². The van der Waals surface area contributed by atoms with Crippen molar-refractivity contribution in [2.75, 3.05) is 52.9 Å². The largest absolute Gasteiger partial charge is 0.468 e. The lowest BCUT2D eigenvalue weighted by atomic mass is 10.0. The van der Waals surface area contributed by atoms with Crippen LogP contribution in [0.1, 0.15) is 43.7 Å². The van der Waals surface area contributed by atoms with Gasteiger partial charge in [0.15, 0.2) is 0 Å². The fourth-order valence-electron chi connectivity index (χ4n) is 3.73. The van der Waals surface area contributed by atoms with Gasteiger partial charge < -0.3 is 24.8 Å². The molecule has 12 nitrogen and oxygen atoms in total. The summed E-state index contributed by atoms with van der Waals surface area (Å²) in [5, 5.41) is 16.3. The van der Waals surface area contributed by atoms with Crippen molar-refractivity contribution in [3.8, 4) is 0 Å². The molecule has 1 atom stereocenters. The van der Waals surface area contributed by atoms with E-state index in [0.29, 0.717) is 56.1 Å². The minimum Gasteiger partial charge on any atom is -0.468 e. The molecule has 3 N–H and O–H groups in total. The molecule has 0 spiro atoms. The van der Waals surface area contributed by atoms with Crippen LogP contribution in [-0.4, -0.2) is 109 Å². The van der Waals surface area contributed by atoms with Crippen LogP contribution in [0.15, 0.2) is 53.8 Å².